The highest BCUT2D eigenvalue weighted by atomic mass is 15.0. The van der Waals surface area contributed by atoms with E-state index < -0.39 is 72.2 Å². The lowest BCUT2D eigenvalue weighted by Gasteiger charge is -2.19. The van der Waals surface area contributed by atoms with Crippen molar-refractivity contribution < 1.29 is 20.6 Å². The third-order valence-corrected chi connectivity index (χ3v) is 24.2. The second kappa shape index (κ2) is 24.3. The molecule has 0 aliphatic heterocycles. The number of rotatable bonds is 8. The van der Waals surface area contributed by atoms with Crippen LogP contribution in [0.15, 0.2) is 400 Å². The average Bonchev–Trinajstić information content (AvgIpc) is 1.26. The van der Waals surface area contributed by atoms with Gasteiger partial charge in [0.15, 0.2) is 0 Å². The summed E-state index contributed by atoms with van der Waals surface area (Å²) < 4.78 is 143. The molecular formula is C112H66N2. The number of para-hydroxylation sites is 4. The molecule has 0 amide bonds. The normalized spacial score (nSPS) is 14.1. The Labute approximate surface area is 677 Å². The molecule has 0 saturated carbocycles. The average molecular weight is 1450 g/mol. The van der Waals surface area contributed by atoms with Crippen LogP contribution in [0, 0.1) is 0 Å². The van der Waals surface area contributed by atoms with Gasteiger partial charge in [-0.1, -0.05) is 327 Å². The molecule has 0 aliphatic carbocycles. The van der Waals surface area contributed by atoms with Gasteiger partial charge in [0.1, 0.15) is 0 Å². The number of nitrogens with zero attached hydrogens (tertiary/aromatic N) is 2. The Balaban J connectivity index is 0.000000141. The van der Waals surface area contributed by atoms with Crippen molar-refractivity contribution in [3.05, 3.63) is 400 Å². The lowest BCUT2D eigenvalue weighted by Crippen LogP contribution is -1.93. The maximum Gasteiger partial charge on any atom is 0.0645 e. The van der Waals surface area contributed by atoms with Crippen LogP contribution in [0.5, 0.6) is 0 Å². The molecule has 0 unspecified atom stereocenters. The molecule has 0 N–H and O–H groups in total. The topological polar surface area (TPSA) is 9.86 Å². The fourth-order valence-electron chi connectivity index (χ4n) is 19.2. The Morgan fingerprint density at radius 3 is 1.12 bits per heavy atom. The molecule has 26 aromatic rings. The summed E-state index contributed by atoms with van der Waals surface area (Å²) in [4.78, 5) is 0. The number of hydrogen-bond acceptors (Lipinski definition) is 0. The fraction of sp³-hybridized carbons (Fsp3) is 0. The molecule has 524 valence electrons. The van der Waals surface area contributed by atoms with Crippen LogP contribution in [0.1, 0.15) is 20.6 Å². The lowest BCUT2D eigenvalue weighted by molar-refractivity contribution is 1.18. The van der Waals surface area contributed by atoms with E-state index in [1.54, 1.807) is 0 Å². The zero-order chi connectivity index (χ0) is 87.4. The molecule has 0 atom stereocenters. The number of aromatic nitrogens is 2. The zero-order valence-electron chi connectivity index (χ0n) is 75.8. The van der Waals surface area contributed by atoms with Crippen LogP contribution >= 0.6 is 0 Å². The molecule has 2 heterocycles. The second-order valence-electron chi connectivity index (χ2n) is 30.1. The van der Waals surface area contributed by atoms with Crippen molar-refractivity contribution >= 4 is 173 Å². The van der Waals surface area contributed by atoms with Gasteiger partial charge >= 0.3 is 0 Å². The molecule has 0 saturated heterocycles. The van der Waals surface area contributed by atoms with E-state index in [2.05, 4.69) is 284 Å². The summed E-state index contributed by atoms with van der Waals surface area (Å²) >= 11 is 0. The monoisotopic (exact) mass is 1450 g/mol. The molecule has 24 aromatic carbocycles. The Bertz CT molecular complexity index is 9370. The van der Waals surface area contributed by atoms with Crippen molar-refractivity contribution in [2.45, 2.75) is 0 Å². The summed E-state index contributed by atoms with van der Waals surface area (Å²) in [6.45, 7) is 0. The molecule has 114 heavy (non-hydrogen) atoms. The molecule has 26 rings (SSSR count). The molecule has 0 aliphatic rings. The zero-order valence-corrected chi connectivity index (χ0v) is 60.8. The van der Waals surface area contributed by atoms with Crippen molar-refractivity contribution in [3.63, 3.8) is 0 Å². The first kappa shape index (κ1) is 50.0. The van der Waals surface area contributed by atoms with E-state index in [1.165, 1.54) is 26.9 Å². The number of benzene rings is 24. The fourth-order valence-corrected chi connectivity index (χ4v) is 19.2. The summed E-state index contributed by atoms with van der Waals surface area (Å²) in [6, 6.07) is 101. The molecule has 2 heteroatoms. The van der Waals surface area contributed by atoms with Gasteiger partial charge in [0.2, 0.25) is 0 Å². The Kier molecular flexibility index (Phi) is 10.6. The predicted octanol–water partition coefficient (Wildman–Crippen LogP) is 31.2. The Morgan fingerprint density at radius 2 is 0.561 bits per heavy atom. The van der Waals surface area contributed by atoms with Gasteiger partial charge < -0.3 is 9.13 Å². The van der Waals surface area contributed by atoms with Crippen LogP contribution in [0.25, 0.3) is 251 Å². The highest BCUT2D eigenvalue weighted by Gasteiger charge is 2.24. The van der Waals surface area contributed by atoms with Crippen molar-refractivity contribution in [2.75, 3.05) is 0 Å². The van der Waals surface area contributed by atoms with Crippen LogP contribution in [-0.4, -0.2) is 9.13 Å². The minimum atomic E-state index is -0.690. The van der Waals surface area contributed by atoms with Gasteiger partial charge in [-0.2, -0.15) is 0 Å². The van der Waals surface area contributed by atoms with Crippen LogP contribution in [0.3, 0.4) is 0 Å². The van der Waals surface area contributed by atoms with Gasteiger partial charge in [0.25, 0.3) is 0 Å². The first-order valence-corrected chi connectivity index (χ1v) is 38.5. The molecule has 0 fully saturated rings. The third kappa shape index (κ3) is 9.25. The van der Waals surface area contributed by atoms with E-state index in [0.717, 1.165) is 168 Å². The Hall–Kier alpha value is -15.0. The van der Waals surface area contributed by atoms with Gasteiger partial charge in [0.05, 0.1) is 42.6 Å². The van der Waals surface area contributed by atoms with E-state index in [-0.39, 0.29) is 51.5 Å². The maximum atomic E-state index is 10.4. The number of hydrogen-bond donors (Lipinski definition) is 0. The molecule has 0 radical (unpaired) electrons. The first-order chi connectivity index (χ1) is 62.8. The maximum absolute atomic E-state index is 10.4. The highest BCUT2D eigenvalue weighted by Crippen LogP contribution is 2.50. The quantitative estimate of drug-likeness (QED) is 0.134. The van der Waals surface area contributed by atoms with Crippen molar-refractivity contribution in [1.29, 1.82) is 0 Å². The van der Waals surface area contributed by atoms with Crippen LogP contribution in [-0.2, 0) is 0 Å². The summed E-state index contributed by atoms with van der Waals surface area (Å²) in [5.41, 5.74) is 10.3. The van der Waals surface area contributed by atoms with E-state index in [4.69, 9.17) is 11.0 Å². The van der Waals surface area contributed by atoms with Gasteiger partial charge in [-0.3, -0.25) is 0 Å². The van der Waals surface area contributed by atoms with Crippen LogP contribution in [0.2, 0.25) is 0 Å². The summed E-state index contributed by atoms with van der Waals surface area (Å²) in [7, 11) is 0. The summed E-state index contributed by atoms with van der Waals surface area (Å²) in [5, 5.41) is 28.5. The van der Waals surface area contributed by atoms with Gasteiger partial charge in [-0.15, -0.1) is 0 Å². The van der Waals surface area contributed by atoms with Gasteiger partial charge in [0, 0.05) is 32.9 Å². The van der Waals surface area contributed by atoms with Crippen molar-refractivity contribution in [2.24, 2.45) is 0 Å². The highest BCUT2D eigenvalue weighted by molar-refractivity contribution is 6.30. The second-order valence-corrected chi connectivity index (χ2v) is 30.1. The smallest absolute Gasteiger partial charge is 0.0645 e. The minimum absolute atomic E-state index is 0.0302. The van der Waals surface area contributed by atoms with Gasteiger partial charge in [-0.05, 0) is 269 Å². The third-order valence-electron chi connectivity index (χ3n) is 24.2. The molecule has 2 aromatic heterocycles. The molecular weight excluding hydrogens is 1370 g/mol. The SMILES string of the molecule is [2H]c1c([2H])c(-c2ccc3c(c2)c2ccccc2n3-c2ccccc2)c(-c2ccc3ccc4cccc5ccc2c3c45)c([2H])c1-c1ccc2ccc3cccc4ccc1c2c34.[2H]c1c([2H])c([2H])c(-n2c3c([2H])c([2H])c([2H])c([2H])c3c3c([2H])c(-c4ccc(-c5ccc6ccc7cccc8ccc5c6c78)cc4-c4ccc5ccc6cccc7ccc4c5c67)c([2H])c([2H])c32)c([2H])c1[2H]. The van der Waals surface area contributed by atoms with Crippen LogP contribution in [0.4, 0.5) is 0 Å². The van der Waals surface area contributed by atoms with E-state index in [9.17, 15) is 9.60 Å². The summed E-state index contributed by atoms with van der Waals surface area (Å²) in [6.07, 6.45) is 0. The molecule has 0 spiro atoms. The number of fused-ring (bicyclic) bond motifs is 6. The van der Waals surface area contributed by atoms with Crippen molar-refractivity contribution in [1.82, 2.24) is 9.13 Å². The van der Waals surface area contributed by atoms with Crippen molar-refractivity contribution in [3.8, 4) is 78.1 Å². The Morgan fingerprint density at radius 1 is 0.167 bits per heavy atom. The van der Waals surface area contributed by atoms with E-state index in [0.29, 0.717) is 27.8 Å². The summed E-state index contributed by atoms with van der Waals surface area (Å²) in [5.74, 6) is 0. The van der Waals surface area contributed by atoms with E-state index >= 15 is 0 Å². The lowest BCUT2D eigenvalue weighted by atomic mass is 9.84. The van der Waals surface area contributed by atoms with E-state index in [1.807, 2.05) is 30.3 Å². The van der Waals surface area contributed by atoms with Gasteiger partial charge in [-0.25, -0.2) is 0 Å². The molecule has 2 nitrogen and oxygen atoms in total. The first-order valence-electron chi connectivity index (χ1n) is 46.0. The molecule has 0 bridgehead atoms. The predicted molar refractivity (Wildman–Crippen MR) is 489 cm³/mol. The minimum Gasteiger partial charge on any atom is -0.309 e. The van der Waals surface area contributed by atoms with Crippen LogP contribution < -0.4 is 0 Å². The largest absolute Gasteiger partial charge is 0.309 e. The standard InChI is InChI=1S/2C56H33N/c2*1-2-12-42(13-3-1)57-51-15-5-4-14-46(51)50-33-41(25-31-52(50)57)44-27-24-40(43-26-20-38-18-16-34-8-6-10-36-22-29-47(43)55(38)53(34)36)32-49(44)45-28-21-39-19-17-35-9-7-11-37-23-30-48(45)56(39)54(35)37/h2*1-33H/i1D,2D,3D,4D,5D,12D,13D,14D,15D,25D,31D,33D;24D,27D,32D.